The lowest BCUT2D eigenvalue weighted by Gasteiger charge is -2.41. The van der Waals surface area contributed by atoms with Crippen LogP contribution in [0.1, 0.15) is 35.4 Å². The minimum absolute atomic E-state index is 0.147. The third-order valence-electron chi connectivity index (χ3n) is 4.03. The van der Waals surface area contributed by atoms with Crippen molar-refractivity contribution in [3.8, 4) is 0 Å². The number of likely N-dealkylation sites (tertiary alicyclic amines) is 1. The van der Waals surface area contributed by atoms with E-state index in [-0.39, 0.29) is 5.91 Å². The molecule has 1 aromatic rings. The predicted molar refractivity (Wildman–Crippen MR) is 70.1 cm³/mol. The minimum atomic E-state index is 0.147. The van der Waals surface area contributed by atoms with Gasteiger partial charge in [-0.1, -0.05) is 6.42 Å². The summed E-state index contributed by atoms with van der Waals surface area (Å²) in [6.45, 7) is 1.87. The van der Waals surface area contributed by atoms with Crippen LogP contribution >= 0.6 is 11.3 Å². The Hall–Kier alpha value is -1.03. The van der Waals surface area contributed by atoms with Crippen molar-refractivity contribution in [2.75, 3.05) is 18.8 Å². The molecule has 0 aromatic carbocycles. The summed E-state index contributed by atoms with van der Waals surface area (Å²) in [6.07, 6.45) is 5.25. The van der Waals surface area contributed by atoms with Crippen LogP contribution < -0.4 is 5.73 Å². The summed E-state index contributed by atoms with van der Waals surface area (Å²) in [7, 11) is 0. The first-order valence-electron chi connectivity index (χ1n) is 6.36. The summed E-state index contributed by atoms with van der Waals surface area (Å²) in [5, 5.41) is 1.90. The van der Waals surface area contributed by atoms with Gasteiger partial charge in [-0.3, -0.25) is 4.79 Å². The molecule has 1 aliphatic carbocycles. The van der Waals surface area contributed by atoms with Gasteiger partial charge in [0.1, 0.15) is 4.88 Å². The fraction of sp³-hybridized carbons (Fsp3) is 0.615. The Balaban J connectivity index is 1.76. The van der Waals surface area contributed by atoms with Crippen molar-refractivity contribution >= 4 is 22.9 Å². The van der Waals surface area contributed by atoms with E-state index in [9.17, 15) is 4.79 Å². The average molecular weight is 250 g/mol. The number of nitrogens with zero attached hydrogens (tertiary/aromatic N) is 1. The van der Waals surface area contributed by atoms with Crippen molar-refractivity contribution in [2.24, 2.45) is 11.8 Å². The molecule has 3 nitrogen and oxygen atoms in total. The van der Waals surface area contributed by atoms with Gasteiger partial charge in [-0.2, -0.15) is 0 Å². The summed E-state index contributed by atoms with van der Waals surface area (Å²) >= 11 is 1.46. The highest BCUT2D eigenvalue weighted by molar-refractivity contribution is 7.12. The molecule has 2 aliphatic rings. The maximum atomic E-state index is 12.4. The molecular formula is C13H18N2OS. The molecule has 1 aliphatic heterocycles. The standard InChI is InChI=1S/C13H18N2OS/c14-11-4-5-17-12(11)13(16)15-7-9-2-1-3-10(6-9)8-15/h4-5,9-10H,1-3,6-8,14H2. The van der Waals surface area contributed by atoms with Gasteiger partial charge in [-0.05, 0) is 42.5 Å². The van der Waals surface area contributed by atoms with Gasteiger partial charge in [-0.15, -0.1) is 11.3 Å². The van der Waals surface area contributed by atoms with Crippen LogP contribution in [0.3, 0.4) is 0 Å². The number of piperidine rings is 1. The number of amides is 1. The van der Waals surface area contributed by atoms with Crippen LogP contribution in [0, 0.1) is 11.8 Å². The van der Waals surface area contributed by atoms with E-state index >= 15 is 0 Å². The molecule has 2 atom stereocenters. The number of hydrogen-bond donors (Lipinski definition) is 1. The molecular weight excluding hydrogens is 232 g/mol. The van der Waals surface area contributed by atoms with Gasteiger partial charge in [0.2, 0.25) is 0 Å². The van der Waals surface area contributed by atoms with Crippen molar-refractivity contribution in [2.45, 2.75) is 25.7 Å². The monoisotopic (exact) mass is 250 g/mol. The normalized spacial score (nSPS) is 28.1. The Labute approximate surface area is 106 Å². The molecule has 1 saturated carbocycles. The summed E-state index contributed by atoms with van der Waals surface area (Å²) < 4.78 is 0. The zero-order valence-electron chi connectivity index (χ0n) is 9.89. The molecule has 1 amide bonds. The molecule has 4 heteroatoms. The first-order chi connectivity index (χ1) is 8.24. The van der Waals surface area contributed by atoms with Crippen LogP contribution in [0.4, 0.5) is 5.69 Å². The Kier molecular flexibility index (Phi) is 2.82. The Bertz CT molecular complexity index is 417. The van der Waals surface area contributed by atoms with Crippen LogP contribution in [0.25, 0.3) is 0 Å². The molecule has 1 saturated heterocycles. The van der Waals surface area contributed by atoms with Crippen LogP contribution in [0.5, 0.6) is 0 Å². The first-order valence-corrected chi connectivity index (χ1v) is 7.24. The lowest BCUT2D eigenvalue weighted by Crippen LogP contribution is -2.45. The lowest BCUT2D eigenvalue weighted by atomic mass is 9.78. The number of fused-ring (bicyclic) bond motifs is 2. The second-order valence-electron chi connectivity index (χ2n) is 5.31. The minimum Gasteiger partial charge on any atom is -0.397 e. The molecule has 2 heterocycles. The molecule has 2 N–H and O–H groups in total. The fourth-order valence-electron chi connectivity index (χ4n) is 3.23. The van der Waals surface area contributed by atoms with E-state index in [1.165, 1.54) is 37.0 Å². The van der Waals surface area contributed by atoms with Gasteiger partial charge in [0.05, 0.1) is 5.69 Å². The molecule has 2 fully saturated rings. The van der Waals surface area contributed by atoms with Gasteiger partial charge in [0.25, 0.3) is 5.91 Å². The Morgan fingerprint density at radius 1 is 1.35 bits per heavy atom. The molecule has 0 spiro atoms. The lowest BCUT2D eigenvalue weighted by molar-refractivity contribution is 0.0510. The molecule has 17 heavy (non-hydrogen) atoms. The van der Waals surface area contributed by atoms with E-state index in [1.54, 1.807) is 0 Å². The Morgan fingerprint density at radius 3 is 2.65 bits per heavy atom. The second-order valence-corrected chi connectivity index (χ2v) is 6.23. The van der Waals surface area contributed by atoms with Gasteiger partial charge < -0.3 is 10.6 Å². The number of nitrogen functional groups attached to an aromatic ring is 1. The van der Waals surface area contributed by atoms with E-state index in [0.717, 1.165) is 29.8 Å². The molecule has 1 aromatic heterocycles. The number of nitrogens with two attached hydrogens (primary N) is 1. The quantitative estimate of drug-likeness (QED) is 0.832. The van der Waals surface area contributed by atoms with E-state index in [1.807, 2.05) is 16.3 Å². The second kappa shape index (κ2) is 4.33. The Morgan fingerprint density at radius 2 is 2.06 bits per heavy atom. The van der Waals surface area contributed by atoms with Gasteiger partial charge in [0, 0.05) is 13.1 Å². The maximum Gasteiger partial charge on any atom is 0.266 e. The average Bonchev–Trinajstić information content (AvgIpc) is 2.74. The molecule has 0 radical (unpaired) electrons. The van der Waals surface area contributed by atoms with E-state index < -0.39 is 0 Å². The number of hydrogen-bond acceptors (Lipinski definition) is 3. The fourth-order valence-corrected chi connectivity index (χ4v) is 4.02. The van der Waals surface area contributed by atoms with Crippen LogP contribution in [-0.4, -0.2) is 23.9 Å². The van der Waals surface area contributed by atoms with E-state index in [0.29, 0.717) is 5.69 Å². The highest BCUT2D eigenvalue weighted by Gasteiger charge is 2.33. The number of carbonyl (C=O) groups is 1. The molecule has 3 rings (SSSR count). The van der Waals surface area contributed by atoms with Crippen molar-refractivity contribution in [3.63, 3.8) is 0 Å². The number of rotatable bonds is 1. The highest BCUT2D eigenvalue weighted by atomic mass is 32.1. The van der Waals surface area contributed by atoms with Gasteiger partial charge >= 0.3 is 0 Å². The van der Waals surface area contributed by atoms with Crippen molar-refractivity contribution < 1.29 is 4.79 Å². The van der Waals surface area contributed by atoms with Crippen molar-refractivity contribution in [1.29, 1.82) is 0 Å². The van der Waals surface area contributed by atoms with E-state index in [2.05, 4.69) is 0 Å². The third-order valence-corrected chi connectivity index (χ3v) is 4.94. The highest BCUT2D eigenvalue weighted by Crippen LogP contribution is 2.35. The van der Waals surface area contributed by atoms with E-state index in [4.69, 9.17) is 5.73 Å². The third kappa shape index (κ3) is 2.06. The zero-order valence-corrected chi connectivity index (χ0v) is 10.7. The number of carbonyl (C=O) groups excluding carboxylic acids is 1. The van der Waals surface area contributed by atoms with Crippen molar-refractivity contribution in [3.05, 3.63) is 16.3 Å². The molecule has 2 unspecified atom stereocenters. The van der Waals surface area contributed by atoms with Crippen molar-refractivity contribution in [1.82, 2.24) is 4.90 Å². The van der Waals surface area contributed by atoms with Crippen LogP contribution in [0.2, 0.25) is 0 Å². The number of thiophene rings is 1. The van der Waals surface area contributed by atoms with Gasteiger partial charge in [0.15, 0.2) is 0 Å². The first kappa shape index (κ1) is 11.1. The van der Waals surface area contributed by atoms with Gasteiger partial charge in [-0.25, -0.2) is 0 Å². The summed E-state index contributed by atoms with van der Waals surface area (Å²) in [5.41, 5.74) is 6.46. The van der Waals surface area contributed by atoms with Crippen LogP contribution in [-0.2, 0) is 0 Å². The summed E-state index contributed by atoms with van der Waals surface area (Å²) in [6, 6.07) is 1.82. The number of anilines is 1. The largest absolute Gasteiger partial charge is 0.397 e. The zero-order chi connectivity index (χ0) is 11.8. The SMILES string of the molecule is Nc1ccsc1C(=O)N1CC2CCCC(C2)C1. The smallest absolute Gasteiger partial charge is 0.266 e. The topological polar surface area (TPSA) is 46.3 Å². The predicted octanol–water partition coefficient (Wildman–Crippen LogP) is 2.59. The van der Waals surface area contributed by atoms with Crippen LogP contribution in [0.15, 0.2) is 11.4 Å². The summed E-state index contributed by atoms with van der Waals surface area (Å²) in [5.74, 6) is 1.61. The summed E-state index contributed by atoms with van der Waals surface area (Å²) in [4.78, 5) is 15.1. The maximum absolute atomic E-state index is 12.4. The molecule has 2 bridgehead atoms. The molecule has 92 valence electrons.